The van der Waals surface area contributed by atoms with Crippen molar-refractivity contribution < 1.29 is 0 Å². The van der Waals surface area contributed by atoms with Crippen molar-refractivity contribution in [2.45, 2.75) is 78.1 Å². The molecule has 0 amide bonds. The zero-order valence-corrected chi connectivity index (χ0v) is 25.9. The van der Waals surface area contributed by atoms with Crippen LogP contribution in [0.4, 0.5) is 0 Å². The molecule has 0 radical (unpaired) electrons. The molecular formula is C34H44N2Sn. The summed E-state index contributed by atoms with van der Waals surface area (Å²) in [7, 11) is 0. The van der Waals surface area contributed by atoms with Crippen LogP contribution in [0.15, 0.2) is 104 Å². The molecular weight excluding hydrogens is 555 g/mol. The first kappa shape index (κ1) is 27.7. The van der Waals surface area contributed by atoms with Crippen molar-refractivity contribution in [3.8, 4) is 0 Å². The number of rotatable bonds is 14. The fourth-order valence-electron chi connectivity index (χ4n) is 6.18. The molecule has 0 bridgehead atoms. The van der Waals surface area contributed by atoms with E-state index < -0.39 is 23.9 Å². The van der Waals surface area contributed by atoms with E-state index in [1.807, 2.05) is 12.5 Å². The topological polar surface area (TPSA) is 17.8 Å². The van der Waals surface area contributed by atoms with Gasteiger partial charge in [-0.3, -0.25) is 0 Å². The molecule has 0 aliphatic rings. The summed E-state index contributed by atoms with van der Waals surface area (Å²) in [5, 5.41) is 0. The van der Waals surface area contributed by atoms with Crippen molar-refractivity contribution in [2.24, 2.45) is 0 Å². The fourth-order valence-corrected chi connectivity index (χ4v) is 22.1. The van der Waals surface area contributed by atoms with Gasteiger partial charge in [0.25, 0.3) is 0 Å². The van der Waals surface area contributed by atoms with Crippen molar-refractivity contribution >= 4 is 22.0 Å². The van der Waals surface area contributed by atoms with Gasteiger partial charge < -0.3 is 0 Å². The summed E-state index contributed by atoms with van der Waals surface area (Å²) in [5.74, 6) is 0. The van der Waals surface area contributed by atoms with Crippen molar-refractivity contribution in [3.63, 3.8) is 0 Å². The molecule has 1 aromatic heterocycles. The molecule has 0 fully saturated rings. The molecule has 0 unspecified atom stereocenters. The number of aromatic nitrogens is 2. The minimum atomic E-state index is -2.50. The van der Waals surface area contributed by atoms with Crippen LogP contribution in [0, 0.1) is 0 Å². The molecule has 0 saturated heterocycles. The van der Waals surface area contributed by atoms with E-state index in [2.05, 4.69) is 121 Å². The second kappa shape index (κ2) is 13.5. The summed E-state index contributed by atoms with van der Waals surface area (Å²) in [6, 6.07) is 31.8. The standard InChI is InChI=1S/C22H17N2.3C4H9.Sn/c1-4-10-19(11-5-1)22(24-17-16-23-18-24,20-12-6-2-7-13-20)21-14-8-3-9-15-21;3*1-3-4-2;/h1-2,4-18H;3*1,3-4H2,2H3;. The average Bonchev–Trinajstić information content (AvgIpc) is 3.50. The summed E-state index contributed by atoms with van der Waals surface area (Å²) < 4.78 is 8.50. The van der Waals surface area contributed by atoms with Gasteiger partial charge in [0.2, 0.25) is 0 Å². The Balaban J connectivity index is 1.89. The number of imidazole rings is 1. The van der Waals surface area contributed by atoms with Crippen LogP contribution in [0.1, 0.15) is 76.0 Å². The number of hydrogen-bond donors (Lipinski definition) is 0. The molecule has 194 valence electrons. The van der Waals surface area contributed by atoms with Gasteiger partial charge in [-0.05, 0) is 0 Å². The van der Waals surface area contributed by atoms with E-state index >= 15 is 0 Å². The Hall–Kier alpha value is -2.33. The minimum absolute atomic E-state index is 0.466. The van der Waals surface area contributed by atoms with Gasteiger partial charge in [0.15, 0.2) is 0 Å². The van der Waals surface area contributed by atoms with Gasteiger partial charge in [0.05, 0.1) is 0 Å². The SMILES string of the molecule is CCC[CH2][Sn]([CH2]CCC)([CH2]CCC)[c]1ccc(C(c2ccccc2)(c2ccccc2)n2ccnc2)cc1. The van der Waals surface area contributed by atoms with Crippen LogP contribution in [0.5, 0.6) is 0 Å². The van der Waals surface area contributed by atoms with Crippen molar-refractivity contribution in [2.75, 3.05) is 0 Å². The quantitative estimate of drug-likeness (QED) is 0.105. The van der Waals surface area contributed by atoms with Gasteiger partial charge in [-0.2, -0.15) is 0 Å². The van der Waals surface area contributed by atoms with Crippen LogP contribution < -0.4 is 3.58 Å². The van der Waals surface area contributed by atoms with E-state index in [0.29, 0.717) is 0 Å². The molecule has 1 heterocycles. The van der Waals surface area contributed by atoms with Gasteiger partial charge in [-0.25, -0.2) is 0 Å². The third-order valence-electron chi connectivity index (χ3n) is 8.22. The first-order valence-corrected chi connectivity index (χ1v) is 21.9. The summed E-state index contributed by atoms with van der Waals surface area (Å²) >= 11 is -2.50. The Morgan fingerprint density at radius 2 is 1.08 bits per heavy atom. The van der Waals surface area contributed by atoms with Gasteiger partial charge >= 0.3 is 230 Å². The molecule has 3 aromatic carbocycles. The second-order valence-electron chi connectivity index (χ2n) is 10.6. The van der Waals surface area contributed by atoms with E-state index in [1.54, 1.807) is 3.58 Å². The predicted molar refractivity (Wildman–Crippen MR) is 161 cm³/mol. The summed E-state index contributed by atoms with van der Waals surface area (Å²) in [4.78, 5) is 4.50. The van der Waals surface area contributed by atoms with Gasteiger partial charge in [0, 0.05) is 0 Å². The first-order chi connectivity index (χ1) is 18.2. The predicted octanol–water partition coefficient (Wildman–Crippen LogP) is 8.78. The number of nitrogens with zero attached hydrogens (tertiary/aromatic N) is 2. The molecule has 0 N–H and O–H groups in total. The van der Waals surface area contributed by atoms with Crippen LogP contribution in [0.25, 0.3) is 0 Å². The molecule has 3 heteroatoms. The molecule has 2 nitrogen and oxygen atoms in total. The van der Waals surface area contributed by atoms with E-state index in [9.17, 15) is 0 Å². The molecule has 0 atom stereocenters. The van der Waals surface area contributed by atoms with E-state index in [4.69, 9.17) is 0 Å². The molecule has 4 aromatic rings. The van der Waals surface area contributed by atoms with Crippen LogP contribution in [0.3, 0.4) is 0 Å². The Labute approximate surface area is 229 Å². The van der Waals surface area contributed by atoms with Gasteiger partial charge in [0.1, 0.15) is 0 Å². The summed E-state index contributed by atoms with van der Waals surface area (Å²) in [6.45, 7) is 7.08. The third-order valence-corrected chi connectivity index (χ3v) is 23.9. The number of unbranched alkanes of at least 4 members (excludes halogenated alkanes) is 3. The first-order valence-electron chi connectivity index (χ1n) is 14.4. The Morgan fingerprint density at radius 1 is 0.622 bits per heavy atom. The third kappa shape index (κ3) is 5.90. The average molecular weight is 599 g/mol. The molecule has 37 heavy (non-hydrogen) atoms. The molecule has 0 spiro atoms. The van der Waals surface area contributed by atoms with Crippen LogP contribution in [0.2, 0.25) is 13.3 Å². The second-order valence-corrected chi connectivity index (χ2v) is 23.8. The Bertz CT molecular complexity index is 1110. The van der Waals surface area contributed by atoms with Crippen molar-refractivity contribution in [1.82, 2.24) is 9.55 Å². The van der Waals surface area contributed by atoms with Gasteiger partial charge in [-0.15, -0.1) is 0 Å². The summed E-state index contributed by atoms with van der Waals surface area (Å²) in [6.07, 6.45) is 14.1. The Kier molecular flexibility index (Phi) is 10.1. The van der Waals surface area contributed by atoms with E-state index in [1.165, 1.54) is 68.5 Å². The van der Waals surface area contributed by atoms with Crippen LogP contribution in [-0.4, -0.2) is 27.9 Å². The molecule has 0 aliphatic heterocycles. The maximum absolute atomic E-state index is 4.50. The van der Waals surface area contributed by atoms with Crippen LogP contribution in [-0.2, 0) is 5.54 Å². The van der Waals surface area contributed by atoms with Crippen molar-refractivity contribution in [3.05, 3.63) is 120 Å². The van der Waals surface area contributed by atoms with Crippen LogP contribution >= 0.6 is 0 Å². The zero-order chi connectivity index (χ0) is 26.0. The summed E-state index contributed by atoms with van der Waals surface area (Å²) in [5.41, 5.74) is 3.34. The zero-order valence-electron chi connectivity index (χ0n) is 23.1. The molecule has 4 rings (SSSR count). The van der Waals surface area contributed by atoms with Gasteiger partial charge in [-0.1, -0.05) is 0 Å². The van der Waals surface area contributed by atoms with E-state index in [-0.39, 0.29) is 0 Å². The maximum atomic E-state index is 4.50. The number of hydrogen-bond acceptors (Lipinski definition) is 1. The number of benzene rings is 3. The normalized spacial score (nSPS) is 12.1. The monoisotopic (exact) mass is 600 g/mol. The van der Waals surface area contributed by atoms with E-state index in [0.717, 1.165) is 0 Å². The van der Waals surface area contributed by atoms with Crippen molar-refractivity contribution in [1.29, 1.82) is 0 Å². The Morgan fingerprint density at radius 3 is 1.49 bits per heavy atom. The fraction of sp³-hybridized carbons (Fsp3) is 0.382. The molecule has 0 aliphatic carbocycles. The molecule has 0 saturated carbocycles.